The maximum atomic E-state index is 11.1. The molecule has 1 unspecified atom stereocenters. The molecule has 0 aliphatic rings. The predicted molar refractivity (Wildman–Crippen MR) is 71.5 cm³/mol. The standard InChI is InChI=1S/C13H13N5O2/c1-8(12-16-15-7-17(12)2)18-6-14-10-4-3-9(13(19)20)5-11(10)18/h3-8H,1-2H3,(H,19,20). The molecule has 0 saturated heterocycles. The molecule has 1 atom stereocenters. The Bertz CT molecular complexity index is 789. The van der Waals surface area contributed by atoms with Gasteiger partial charge in [-0.2, -0.15) is 0 Å². The number of carboxylic acids is 1. The predicted octanol–water partition coefficient (Wildman–Crippen LogP) is 1.47. The molecule has 3 rings (SSSR count). The van der Waals surface area contributed by atoms with Crippen LogP contribution in [-0.2, 0) is 7.05 Å². The van der Waals surface area contributed by atoms with Crippen molar-refractivity contribution in [1.82, 2.24) is 24.3 Å². The van der Waals surface area contributed by atoms with E-state index in [1.807, 2.05) is 23.1 Å². The minimum atomic E-state index is -0.953. The number of imidazole rings is 1. The third-order valence-electron chi connectivity index (χ3n) is 3.36. The molecule has 1 aromatic carbocycles. The lowest BCUT2D eigenvalue weighted by Gasteiger charge is -2.13. The fourth-order valence-corrected chi connectivity index (χ4v) is 2.26. The van der Waals surface area contributed by atoms with Crippen LogP contribution in [0.2, 0.25) is 0 Å². The number of carboxylic acid groups (broad SMARTS) is 1. The first-order valence-corrected chi connectivity index (χ1v) is 6.11. The van der Waals surface area contributed by atoms with Crippen molar-refractivity contribution in [2.45, 2.75) is 13.0 Å². The Balaban J connectivity index is 2.14. The Morgan fingerprint density at radius 2 is 2.15 bits per heavy atom. The Hall–Kier alpha value is -2.70. The van der Waals surface area contributed by atoms with Crippen molar-refractivity contribution >= 4 is 17.0 Å². The maximum Gasteiger partial charge on any atom is 0.335 e. The highest BCUT2D eigenvalue weighted by atomic mass is 16.4. The van der Waals surface area contributed by atoms with Crippen molar-refractivity contribution in [3.63, 3.8) is 0 Å². The molecule has 2 aromatic heterocycles. The Morgan fingerprint density at radius 3 is 2.80 bits per heavy atom. The number of hydrogen-bond donors (Lipinski definition) is 1. The van der Waals surface area contributed by atoms with E-state index >= 15 is 0 Å². The van der Waals surface area contributed by atoms with Gasteiger partial charge in [-0.25, -0.2) is 9.78 Å². The number of aromatic carboxylic acids is 1. The number of fused-ring (bicyclic) bond motifs is 1. The van der Waals surface area contributed by atoms with Crippen LogP contribution < -0.4 is 0 Å². The zero-order chi connectivity index (χ0) is 14.3. The number of rotatable bonds is 3. The summed E-state index contributed by atoms with van der Waals surface area (Å²) in [5.74, 6) is -0.170. The molecule has 0 amide bonds. The van der Waals surface area contributed by atoms with Crippen LogP contribution in [0.5, 0.6) is 0 Å². The molecule has 20 heavy (non-hydrogen) atoms. The molecule has 102 valence electrons. The average Bonchev–Trinajstić information content (AvgIpc) is 3.03. The average molecular weight is 271 g/mol. The summed E-state index contributed by atoms with van der Waals surface area (Å²) in [5.41, 5.74) is 1.76. The smallest absolute Gasteiger partial charge is 0.335 e. The first-order chi connectivity index (χ1) is 9.58. The van der Waals surface area contributed by atoms with Gasteiger partial charge in [0.2, 0.25) is 0 Å². The lowest BCUT2D eigenvalue weighted by molar-refractivity contribution is 0.0697. The fraction of sp³-hybridized carbons (Fsp3) is 0.231. The van der Waals surface area contributed by atoms with Crippen molar-refractivity contribution in [1.29, 1.82) is 0 Å². The van der Waals surface area contributed by atoms with Crippen molar-refractivity contribution < 1.29 is 9.90 Å². The van der Waals surface area contributed by atoms with Gasteiger partial charge < -0.3 is 14.2 Å². The number of carbonyl (C=O) groups is 1. The summed E-state index contributed by atoms with van der Waals surface area (Å²) in [5, 5.41) is 17.0. The summed E-state index contributed by atoms with van der Waals surface area (Å²) >= 11 is 0. The highest BCUT2D eigenvalue weighted by molar-refractivity contribution is 5.92. The molecule has 0 fully saturated rings. The summed E-state index contributed by atoms with van der Waals surface area (Å²) in [7, 11) is 1.87. The number of benzene rings is 1. The first kappa shape index (κ1) is 12.3. The summed E-state index contributed by atoms with van der Waals surface area (Å²) in [4.78, 5) is 15.4. The van der Waals surface area contributed by atoms with Crippen LogP contribution in [0.4, 0.5) is 0 Å². The van der Waals surface area contributed by atoms with Crippen molar-refractivity contribution in [3.05, 3.63) is 42.2 Å². The van der Waals surface area contributed by atoms with E-state index in [0.717, 1.165) is 16.9 Å². The van der Waals surface area contributed by atoms with Crippen LogP contribution in [0.25, 0.3) is 11.0 Å². The zero-order valence-electron chi connectivity index (χ0n) is 11.1. The second kappa shape index (κ2) is 4.44. The van der Waals surface area contributed by atoms with Crippen LogP contribution in [0.1, 0.15) is 29.1 Å². The Labute approximate surface area is 114 Å². The quantitative estimate of drug-likeness (QED) is 0.779. The van der Waals surface area contributed by atoms with Gasteiger partial charge in [0.15, 0.2) is 5.82 Å². The van der Waals surface area contributed by atoms with Crippen LogP contribution in [-0.4, -0.2) is 35.4 Å². The Morgan fingerprint density at radius 1 is 1.35 bits per heavy atom. The van der Waals surface area contributed by atoms with Gasteiger partial charge in [0.25, 0.3) is 0 Å². The third kappa shape index (κ3) is 1.83. The van der Waals surface area contributed by atoms with Crippen LogP contribution in [0.15, 0.2) is 30.9 Å². The SMILES string of the molecule is CC(c1nncn1C)n1cnc2ccc(C(=O)O)cc21. The van der Waals surface area contributed by atoms with Gasteiger partial charge in [-0.1, -0.05) is 0 Å². The molecule has 7 nitrogen and oxygen atoms in total. The summed E-state index contributed by atoms with van der Waals surface area (Å²) < 4.78 is 3.73. The lowest BCUT2D eigenvalue weighted by Crippen LogP contribution is -2.11. The van der Waals surface area contributed by atoms with E-state index in [1.54, 1.807) is 30.9 Å². The largest absolute Gasteiger partial charge is 0.478 e. The van der Waals surface area contributed by atoms with Gasteiger partial charge >= 0.3 is 5.97 Å². The number of aromatic nitrogens is 5. The second-order valence-electron chi connectivity index (χ2n) is 4.64. The molecule has 0 saturated carbocycles. The minimum absolute atomic E-state index is 0.0865. The van der Waals surface area contributed by atoms with E-state index in [1.165, 1.54) is 0 Å². The maximum absolute atomic E-state index is 11.1. The summed E-state index contributed by atoms with van der Waals surface area (Å²) in [6.45, 7) is 1.97. The van der Waals surface area contributed by atoms with Crippen molar-refractivity contribution in [2.75, 3.05) is 0 Å². The topological polar surface area (TPSA) is 85.8 Å². The summed E-state index contributed by atoms with van der Waals surface area (Å²) in [6.07, 6.45) is 3.32. The normalized spacial score (nSPS) is 12.7. The van der Waals surface area contributed by atoms with E-state index < -0.39 is 5.97 Å². The minimum Gasteiger partial charge on any atom is -0.478 e. The van der Waals surface area contributed by atoms with Crippen LogP contribution >= 0.6 is 0 Å². The molecule has 1 N–H and O–H groups in total. The monoisotopic (exact) mass is 271 g/mol. The van der Waals surface area contributed by atoms with Gasteiger partial charge in [-0.15, -0.1) is 10.2 Å². The van der Waals surface area contributed by atoms with Gasteiger partial charge in [0.05, 0.1) is 29.0 Å². The number of aryl methyl sites for hydroxylation is 1. The fourth-order valence-electron chi connectivity index (χ4n) is 2.26. The molecule has 0 aliphatic heterocycles. The van der Waals surface area contributed by atoms with Crippen molar-refractivity contribution in [2.24, 2.45) is 7.05 Å². The molecule has 7 heteroatoms. The second-order valence-corrected chi connectivity index (χ2v) is 4.64. The zero-order valence-corrected chi connectivity index (χ0v) is 11.1. The molecule has 0 spiro atoms. The van der Waals surface area contributed by atoms with Gasteiger partial charge in [0.1, 0.15) is 6.33 Å². The van der Waals surface area contributed by atoms with Crippen molar-refractivity contribution in [3.8, 4) is 0 Å². The number of hydrogen-bond acceptors (Lipinski definition) is 4. The molecule has 0 radical (unpaired) electrons. The highest BCUT2D eigenvalue weighted by Gasteiger charge is 2.17. The Kier molecular flexibility index (Phi) is 2.74. The summed E-state index contributed by atoms with van der Waals surface area (Å²) in [6, 6.07) is 4.79. The molecule has 0 bridgehead atoms. The van der Waals surface area contributed by atoms with E-state index in [9.17, 15) is 4.79 Å². The van der Waals surface area contributed by atoms with Gasteiger partial charge in [0, 0.05) is 7.05 Å². The third-order valence-corrected chi connectivity index (χ3v) is 3.36. The van der Waals surface area contributed by atoms with E-state index in [4.69, 9.17) is 5.11 Å². The van der Waals surface area contributed by atoms with Crippen LogP contribution in [0, 0.1) is 0 Å². The van der Waals surface area contributed by atoms with Gasteiger partial charge in [-0.3, -0.25) is 0 Å². The molecule has 2 heterocycles. The van der Waals surface area contributed by atoms with E-state index in [0.29, 0.717) is 0 Å². The molecular weight excluding hydrogens is 258 g/mol. The lowest BCUT2D eigenvalue weighted by atomic mass is 10.2. The van der Waals surface area contributed by atoms with E-state index in [-0.39, 0.29) is 11.6 Å². The highest BCUT2D eigenvalue weighted by Crippen LogP contribution is 2.22. The molecule has 0 aliphatic carbocycles. The van der Waals surface area contributed by atoms with Crippen LogP contribution in [0.3, 0.4) is 0 Å². The first-order valence-electron chi connectivity index (χ1n) is 6.11. The number of nitrogens with zero attached hydrogens (tertiary/aromatic N) is 5. The van der Waals surface area contributed by atoms with Gasteiger partial charge in [-0.05, 0) is 25.1 Å². The molecular formula is C13H13N5O2. The molecule has 3 aromatic rings. The van der Waals surface area contributed by atoms with E-state index in [2.05, 4.69) is 15.2 Å².